The van der Waals surface area contributed by atoms with Crippen LogP contribution in [0.25, 0.3) is 11.0 Å². The normalized spacial score (nSPS) is 10.9. The van der Waals surface area contributed by atoms with Gasteiger partial charge in [-0.1, -0.05) is 23.7 Å². The molecule has 1 amide bonds. The Balaban J connectivity index is 1.37. The SMILES string of the molecule is O=C(NCCc1nc2ccccc2n1CCCOc1ccc(Cl)cc1)c1ccncc1. The minimum atomic E-state index is -0.110. The van der Waals surface area contributed by atoms with Gasteiger partial charge in [-0.05, 0) is 55.0 Å². The molecular formula is C24H23ClN4O2. The van der Waals surface area contributed by atoms with Crippen LogP contribution in [0.15, 0.2) is 73.1 Å². The molecule has 0 spiro atoms. The molecule has 0 aliphatic heterocycles. The zero-order valence-corrected chi connectivity index (χ0v) is 17.8. The fourth-order valence-electron chi connectivity index (χ4n) is 3.40. The molecule has 0 unspecified atom stereocenters. The van der Waals surface area contributed by atoms with Gasteiger partial charge in [-0.25, -0.2) is 4.98 Å². The largest absolute Gasteiger partial charge is 0.494 e. The zero-order valence-electron chi connectivity index (χ0n) is 17.0. The van der Waals surface area contributed by atoms with Crippen LogP contribution in [0.3, 0.4) is 0 Å². The van der Waals surface area contributed by atoms with Gasteiger partial charge in [0.05, 0.1) is 17.6 Å². The summed E-state index contributed by atoms with van der Waals surface area (Å²) in [6.45, 7) is 1.87. The number of para-hydroxylation sites is 2. The minimum Gasteiger partial charge on any atom is -0.494 e. The number of nitrogens with zero attached hydrogens (tertiary/aromatic N) is 3. The van der Waals surface area contributed by atoms with Crippen LogP contribution in [0, 0.1) is 0 Å². The van der Waals surface area contributed by atoms with Crippen LogP contribution >= 0.6 is 11.6 Å². The number of pyridine rings is 1. The Hall–Kier alpha value is -3.38. The molecule has 0 bridgehead atoms. The van der Waals surface area contributed by atoms with Crippen molar-refractivity contribution in [2.75, 3.05) is 13.2 Å². The first-order chi connectivity index (χ1) is 15.2. The van der Waals surface area contributed by atoms with E-state index in [4.69, 9.17) is 21.3 Å². The molecule has 2 aromatic heterocycles. The Morgan fingerprint density at radius 3 is 2.61 bits per heavy atom. The average molecular weight is 435 g/mol. The second-order valence-electron chi connectivity index (χ2n) is 7.07. The Bertz CT molecular complexity index is 1140. The molecule has 6 nitrogen and oxygen atoms in total. The van der Waals surface area contributed by atoms with Gasteiger partial charge in [0.15, 0.2) is 0 Å². The first kappa shape index (κ1) is 20.9. The molecule has 4 aromatic rings. The summed E-state index contributed by atoms with van der Waals surface area (Å²) < 4.78 is 8.03. The monoisotopic (exact) mass is 434 g/mol. The van der Waals surface area contributed by atoms with E-state index < -0.39 is 0 Å². The number of carbonyl (C=O) groups is 1. The number of carbonyl (C=O) groups excluding carboxylic acids is 1. The number of aryl methyl sites for hydroxylation is 1. The predicted octanol–water partition coefficient (Wildman–Crippen LogP) is 4.53. The van der Waals surface area contributed by atoms with E-state index >= 15 is 0 Å². The second kappa shape index (κ2) is 10.1. The summed E-state index contributed by atoms with van der Waals surface area (Å²) in [6.07, 6.45) is 4.70. The molecule has 2 heterocycles. The third-order valence-corrected chi connectivity index (χ3v) is 5.17. The van der Waals surface area contributed by atoms with Gasteiger partial charge in [0.1, 0.15) is 11.6 Å². The summed E-state index contributed by atoms with van der Waals surface area (Å²) in [5.41, 5.74) is 2.64. The lowest BCUT2D eigenvalue weighted by Gasteiger charge is -2.11. The number of hydrogen-bond acceptors (Lipinski definition) is 4. The molecule has 0 saturated carbocycles. The van der Waals surface area contributed by atoms with Gasteiger partial charge in [-0.2, -0.15) is 0 Å². The maximum absolute atomic E-state index is 12.3. The van der Waals surface area contributed by atoms with Crippen LogP contribution in [-0.4, -0.2) is 33.6 Å². The molecule has 0 saturated heterocycles. The molecule has 1 N–H and O–H groups in total. The summed E-state index contributed by atoms with van der Waals surface area (Å²) in [5.74, 6) is 1.64. The van der Waals surface area contributed by atoms with E-state index in [1.807, 2.05) is 42.5 Å². The van der Waals surface area contributed by atoms with Crippen LogP contribution in [0.2, 0.25) is 5.02 Å². The van der Waals surface area contributed by atoms with Crippen molar-refractivity contribution in [1.82, 2.24) is 19.9 Å². The molecule has 4 rings (SSSR count). The number of hydrogen-bond donors (Lipinski definition) is 1. The summed E-state index contributed by atoms with van der Waals surface area (Å²) in [5, 5.41) is 3.65. The standard InChI is InChI=1S/C24H23ClN4O2/c25-19-6-8-20(9-7-19)31-17-3-16-29-22-5-2-1-4-21(22)28-23(29)12-15-27-24(30)18-10-13-26-14-11-18/h1-2,4-11,13-14H,3,12,15-17H2,(H,27,30). The topological polar surface area (TPSA) is 69.0 Å². The maximum Gasteiger partial charge on any atom is 0.251 e. The van der Waals surface area contributed by atoms with Crippen LogP contribution in [-0.2, 0) is 13.0 Å². The lowest BCUT2D eigenvalue weighted by molar-refractivity contribution is 0.0954. The number of nitrogens with one attached hydrogen (secondary N) is 1. The van der Waals surface area contributed by atoms with Crippen molar-refractivity contribution >= 4 is 28.5 Å². The number of benzene rings is 2. The number of halogens is 1. The number of rotatable bonds is 9. The van der Waals surface area contributed by atoms with Crippen LogP contribution in [0.1, 0.15) is 22.6 Å². The van der Waals surface area contributed by atoms with Crippen molar-refractivity contribution in [2.24, 2.45) is 0 Å². The van der Waals surface area contributed by atoms with Gasteiger partial charge in [-0.3, -0.25) is 9.78 Å². The molecule has 0 aliphatic carbocycles. The van der Waals surface area contributed by atoms with Crippen LogP contribution in [0.5, 0.6) is 5.75 Å². The minimum absolute atomic E-state index is 0.110. The summed E-state index contributed by atoms with van der Waals surface area (Å²) in [7, 11) is 0. The van der Waals surface area contributed by atoms with Gasteiger partial charge >= 0.3 is 0 Å². The molecule has 7 heteroatoms. The molecule has 0 radical (unpaired) electrons. The van der Waals surface area contributed by atoms with Crippen molar-refractivity contribution in [3.05, 3.63) is 89.5 Å². The Labute approximate surface area is 185 Å². The van der Waals surface area contributed by atoms with Crippen molar-refractivity contribution < 1.29 is 9.53 Å². The van der Waals surface area contributed by atoms with Crippen molar-refractivity contribution in [2.45, 2.75) is 19.4 Å². The zero-order chi connectivity index (χ0) is 21.5. The Morgan fingerprint density at radius 2 is 1.81 bits per heavy atom. The number of aromatic nitrogens is 3. The van der Waals surface area contributed by atoms with Crippen molar-refractivity contribution in [1.29, 1.82) is 0 Å². The van der Waals surface area contributed by atoms with E-state index in [0.717, 1.165) is 35.6 Å². The van der Waals surface area contributed by atoms with E-state index in [0.29, 0.717) is 30.2 Å². The lowest BCUT2D eigenvalue weighted by Crippen LogP contribution is -2.26. The summed E-state index contributed by atoms with van der Waals surface area (Å²) in [4.78, 5) is 21.0. The van der Waals surface area contributed by atoms with Gasteiger partial charge in [0, 0.05) is 42.5 Å². The fraction of sp³-hybridized carbons (Fsp3) is 0.208. The first-order valence-corrected chi connectivity index (χ1v) is 10.6. The highest BCUT2D eigenvalue weighted by atomic mass is 35.5. The number of amides is 1. The third-order valence-electron chi connectivity index (χ3n) is 4.92. The highest BCUT2D eigenvalue weighted by Gasteiger charge is 2.11. The molecule has 0 fully saturated rings. The van der Waals surface area contributed by atoms with E-state index in [2.05, 4.69) is 20.9 Å². The smallest absolute Gasteiger partial charge is 0.251 e. The van der Waals surface area contributed by atoms with Crippen LogP contribution in [0.4, 0.5) is 0 Å². The molecular weight excluding hydrogens is 412 g/mol. The summed E-state index contributed by atoms with van der Waals surface area (Å²) >= 11 is 5.91. The van der Waals surface area contributed by atoms with Gasteiger partial charge < -0.3 is 14.6 Å². The maximum atomic E-state index is 12.3. The molecule has 0 atom stereocenters. The fourth-order valence-corrected chi connectivity index (χ4v) is 3.53. The van der Waals surface area contributed by atoms with Gasteiger partial charge in [0.2, 0.25) is 0 Å². The van der Waals surface area contributed by atoms with Crippen molar-refractivity contribution in [3.8, 4) is 5.75 Å². The molecule has 2 aromatic carbocycles. The molecule has 158 valence electrons. The second-order valence-corrected chi connectivity index (χ2v) is 7.50. The molecule has 0 aliphatic rings. The number of imidazole rings is 1. The van der Waals surface area contributed by atoms with E-state index in [1.54, 1.807) is 24.5 Å². The highest BCUT2D eigenvalue weighted by molar-refractivity contribution is 6.30. The third kappa shape index (κ3) is 5.41. The highest BCUT2D eigenvalue weighted by Crippen LogP contribution is 2.18. The lowest BCUT2D eigenvalue weighted by atomic mass is 10.2. The quantitative estimate of drug-likeness (QED) is 0.393. The average Bonchev–Trinajstić information content (AvgIpc) is 3.16. The predicted molar refractivity (Wildman–Crippen MR) is 122 cm³/mol. The van der Waals surface area contributed by atoms with Crippen LogP contribution < -0.4 is 10.1 Å². The molecule has 31 heavy (non-hydrogen) atoms. The first-order valence-electron chi connectivity index (χ1n) is 10.2. The van der Waals surface area contributed by atoms with E-state index in [9.17, 15) is 4.79 Å². The summed E-state index contributed by atoms with van der Waals surface area (Å²) in [6, 6.07) is 18.8. The Morgan fingerprint density at radius 1 is 1.03 bits per heavy atom. The van der Waals surface area contributed by atoms with Gasteiger partial charge in [-0.15, -0.1) is 0 Å². The number of ether oxygens (including phenoxy) is 1. The number of fused-ring (bicyclic) bond motifs is 1. The van der Waals surface area contributed by atoms with Gasteiger partial charge in [0.25, 0.3) is 5.91 Å². The Kier molecular flexibility index (Phi) is 6.79. The van der Waals surface area contributed by atoms with E-state index in [1.165, 1.54) is 0 Å². The van der Waals surface area contributed by atoms with Crippen molar-refractivity contribution in [3.63, 3.8) is 0 Å². The van der Waals surface area contributed by atoms with E-state index in [-0.39, 0.29) is 5.91 Å².